The third-order valence-electron chi connectivity index (χ3n) is 3.47. The number of hydrogen-bond donors (Lipinski definition) is 1. The molecule has 0 saturated carbocycles. The van der Waals surface area contributed by atoms with Gasteiger partial charge in [0.05, 0.1) is 6.61 Å². The van der Waals surface area contributed by atoms with Gasteiger partial charge in [-0.1, -0.05) is 30.7 Å². The minimum atomic E-state index is 0.0688. The van der Waals surface area contributed by atoms with Crippen LogP contribution in [-0.4, -0.2) is 35.6 Å². The molecule has 0 aromatic heterocycles. The number of amides is 1. The predicted octanol–water partition coefficient (Wildman–Crippen LogP) is 2.44. The molecule has 0 atom stereocenters. The molecule has 20 heavy (non-hydrogen) atoms. The van der Waals surface area contributed by atoms with Crippen LogP contribution in [0.5, 0.6) is 0 Å². The minimum absolute atomic E-state index is 0.0688. The lowest BCUT2D eigenvalue weighted by atomic mass is 10.1. The second kappa shape index (κ2) is 7.72. The molecule has 0 bridgehead atoms. The molecule has 106 valence electrons. The Labute approximate surface area is 120 Å². The lowest BCUT2D eigenvalue weighted by Gasteiger charge is -2.20. The van der Waals surface area contributed by atoms with Gasteiger partial charge in [0.2, 0.25) is 0 Å². The minimum Gasteiger partial charge on any atom is -0.395 e. The van der Waals surface area contributed by atoms with Crippen LogP contribution < -0.4 is 0 Å². The number of rotatable bonds is 2. The standard InChI is InChI=1S/C17H21NO2/c19-13-6-3-8-15-9-7-10-16(14-15)17(20)18-11-4-1-2-5-12-18/h7,9-10,14,19H,1-2,4-6,11-13H2. The first-order valence-electron chi connectivity index (χ1n) is 7.30. The molecule has 1 heterocycles. The smallest absolute Gasteiger partial charge is 0.253 e. The van der Waals surface area contributed by atoms with Crippen LogP contribution >= 0.6 is 0 Å². The van der Waals surface area contributed by atoms with Crippen molar-refractivity contribution in [3.8, 4) is 11.8 Å². The largest absolute Gasteiger partial charge is 0.395 e. The highest BCUT2D eigenvalue weighted by Gasteiger charge is 2.17. The van der Waals surface area contributed by atoms with E-state index >= 15 is 0 Å². The molecular weight excluding hydrogens is 250 g/mol. The van der Waals surface area contributed by atoms with Gasteiger partial charge in [0, 0.05) is 30.6 Å². The fourth-order valence-electron chi connectivity index (χ4n) is 2.41. The Morgan fingerprint density at radius 2 is 1.95 bits per heavy atom. The van der Waals surface area contributed by atoms with Crippen LogP contribution in [0.3, 0.4) is 0 Å². The summed E-state index contributed by atoms with van der Waals surface area (Å²) in [5.41, 5.74) is 1.54. The third kappa shape index (κ3) is 4.11. The van der Waals surface area contributed by atoms with Crippen molar-refractivity contribution in [1.29, 1.82) is 0 Å². The fraction of sp³-hybridized carbons (Fsp3) is 0.471. The van der Waals surface area contributed by atoms with Gasteiger partial charge in [-0.05, 0) is 31.0 Å². The van der Waals surface area contributed by atoms with E-state index in [9.17, 15) is 4.79 Å². The molecule has 1 N–H and O–H groups in total. The fourth-order valence-corrected chi connectivity index (χ4v) is 2.41. The third-order valence-corrected chi connectivity index (χ3v) is 3.47. The van der Waals surface area contributed by atoms with E-state index in [4.69, 9.17) is 5.11 Å². The maximum Gasteiger partial charge on any atom is 0.253 e. The summed E-state index contributed by atoms with van der Waals surface area (Å²) >= 11 is 0. The quantitative estimate of drug-likeness (QED) is 0.839. The lowest BCUT2D eigenvalue weighted by molar-refractivity contribution is 0.0761. The average molecular weight is 271 g/mol. The SMILES string of the molecule is O=C(c1cccc(C#CCCO)c1)N1CCCCCC1. The van der Waals surface area contributed by atoms with Gasteiger partial charge in [-0.2, -0.15) is 0 Å². The molecule has 0 spiro atoms. The van der Waals surface area contributed by atoms with E-state index in [1.807, 2.05) is 29.2 Å². The first kappa shape index (κ1) is 14.6. The Balaban J connectivity index is 2.09. The molecule has 1 aromatic carbocycles. The van der Waals surface area contributed by atoms with Crippen molar-refractivity contribution in [3.63, 3.8) is 0 Å². The number of carbonyl (C=O) groups excluding carboxylic acids is 1. The van der Waals surface area contributed by atoms with E-state index in [1.165, 1.54) is 12.8 Å². The van der Waals surface area contributed by atoms with Gasteiger partial charge in [0.15, 0.2) is 0 Å². The van der Waals surface area contributed by atoms with Crippen LogP contribution in [0.25, 0.3) is 0 Å². The van der Waals surface area contributed by atoms with Crippen molar-refractivity contribution < 1.29 is 9.90 Å². The molecular formula is C17H21NO2. The summed E-state index contributed by atoms with van der Waals surface area (Å²) in [6.07, 6.45) is 5.10. The highest BCUT2D eigenvalue weighted by molar-refractivity contribution is 5.94. The number of nitrogens with zero attached hydrogens (tertiary/aromatic N) is 1. The summed E-state index contributed by atoms with van der Waals surface area (Å²) in [6, 6.07) is 7.46. The number of aliphatic hydroxyl groups is 1. The Morgan fingerprint density at radius 1 is 1.20 bits per heavy atom. The molecule has 2 rings (SSSR count). The van der Waals surface area contributed by atoms with Crippen molar-refractivity contribution in [3.05, 3.63) is 35.4 Å². The second-order valence-corrected chi connectivity index (χ2v) is 5.06. The molecule has 1 amide bonds. The number of carbonyl (C=O) groups is 1. The average Bonchev–Trinajstić information content (AvgIpc) is 2.76. The van der Waals surface area contributed by atoms with E-state index in [0.29, 0.717) is 12.0 Å². The second-order valence-electron chi connectivity index (χ2n) is 5.06. The van der Waals surface area contributed by atoms with E-state index in [1.54, 1.807) is 0 Å². The van der Waals surface area contributed by atoms with Crippen LogP contribution in [0.2, 0.25) is 0 Å². The molecule has 0 radical (unpaired) electrons. The molecule has 1 fully saturated rings. The van der Waals surface area contributed by atoms with Crippen molar-refractivity contribution in [2.75, 3.05) is 19.7 Å². The van der Waals surface area contributed by atoms with E-state index in [2.05, 4.69) is 11.8 Å². The van der Waals surface area contributed by atoms with Crippen LogP contribution in [0.1, 0.15) is 48.0 Å². The van der Waals surface area contributed by atoms with Gasteiger partial charge in [0.1, 0.15) is 0 Å². The molecule has 3 nitrogen and oxygen atoms in total. The Hall–Kier alpha value is -1.79. The van der Waals surface area contributed by atoms with Crippen molar-refractivity contribution in [2.45, 2.75) is 32.1 Å². The molecule has 1 aromatic rings. The van der Waals surface area contributed by atoms with Gasteiger partial charge >= 0.3 is 0 Å². The Morgan fingerprint density at radius 3 is 2.65 bits per heavy atom. The van der Waals surface area contributed by atoms with Crippen molar-refractivity contribution in [1.82, 2.24) is 4.90 Å². The van der Waals surface area contributed by atoms with Gasteiger partial charge in [-0.15, -0.1) is 0 Å². The predicted molar refractivity (Wildman–Crippen MR) is 79.4 cm³/mol. The molecule has 0 unspecified atom stereocenters. The van der Waals surface area contributed by atoms with Crippen LogP contribution in [-0.2, 0) is 0 Å². The number of aliphatic hydroxyl groups excluding tert-OH is 1. The highest BCUT2D eigenvalue weighted by atomic mass is 16.2. The summed E-state index contributed by atoms with van der Waals surface area (Å²) in [7, 11) is 0. The molecule has 3 heteroatoms. The van der Waals surface area contributed by atoms with Gasteiger partial charge < -0.3 is 10.0 Å². The Kier molecular flexibility index (Phi) is 5.64. The molecule has 1 aliphatic heterocycles. The maximum atomic E-state index is 12.5. The summed E-state index contributed by atoms with van der Waals surface area (Å²) in [4.78, 5) is 14.4. The highest BCUT2D eigenvalue weighted by Crippen LogP contribution is 2.14. The number of likely N-dealkylation sites (tertiary alicyclic amines) is 1. The molecule has 1 aliphatic rings. The summed E-state index contributed by atoms with van der Waals surface area (Å²) < 4.78 is 0. The zero-order chi connectivity index (χ0) is 14.2. The zero-order valence-electron chi connectivity index (χ0n) is 11.8. The van der Waals surface area contributed by atoms with Crippen LogP contribution in [0.15, 0.2) is 24.3 Å². The monoisotopic (exact) mass is 271 g/mol. The van der Waals surface area contributed by atoms with Gasteiger partial charge in [-0.3, -0.25) is 4.79 Å². The first-order chi connectivity index (χ1) is 9.81. The zero-order valence-corrected chi connectivity index (χ0v) is 11.8. The Bertz CT molecular complexity index is 505. The number of hydrogen-bond acceptors (Lipinski definition) is 2. The van der Waals surface area contributed by atoms with Gasteiger partial charge in [0.25, 0.3) is 5.91 Å². The molecule has 1 saturated heterocycles. The normalized spacial score (nSPS) is 15.2. The van der Waals surface area contributed by atoms with Crippen LogP contribution in [0.4, 0.5) is 0 Å². The first-order valence-corrected chi connectivity index (χ1v) is 7.30. The van der Waals surface area contributed by atoms with Crippen molar-refractivity contribution in [2.24, 2.45) is 0 Å². The molecule has 0 aliphatic carbocycles. The van der Waals surface area contributed by atoms with E-state index in [-0.39, 0.29) is 12.5 Å². The summed E-state index contributed by atoms with van der Waals surface area (Å²) in [6.45, 7) is 1.79. The topological polar surface area (TPSA) is 40.5 Å². The van der Waals surface area contributed by atoms with E-state index < -0.39 is 0 Å². The van der Waals surface area contributed by atoms with Crippen molar-refractivity contribution >= 4 is 5.91 Å². The van der Waals surface area contributed by atoms with E-state index in [0.717, 1.165) is 31.5 Å². The lowest BCUT2D eigenvalue weighted by Crippen LogP contribution is -2.31. The maximum absolute atomic E-state index is 12.5. The van der Waals surface area contributed by atoms with Crippen LogP contribution in [0, 0.1) is 11.8 Å². The number of benzene rings is 1. The summed E-state index contributed by atoms with van der Waals surface area (Å²) in [5.74, 6) is 5.97. The summed E-state index contributed by atoms with van der Waals surface area (Å²) in [5, 5.41) is 8.72. The van der Waals surface area contributed by atoms with Gasteiger partial charge in [-0.25, -0.2) is 0 Å².